The highest BCUT2D eigenvalue weighted by molar-refractivity contribution is 6.41. The molecule has 24 heavy (non-hydrogen) atoms. The summed E-state index contributed by atoms with van der Waals surface area (Å²) in [5.41, 5.74) is 4.07. The lowest BCUT2D eigenvalue weighted by Gasteiger charge is -2.13. The molecule has 0 atom stereocenters. The van der Waals surface area contributed by atoms with Crippen molar-refractivity contribution in [3.8, 4) is 0 Å². The van der Waals surface area contributed by atoms with Crippen LogP contribution in [-0.4, -0.2) is 23.3 Å². The van der Waals surface area contributed by atoms with Crippen LogP contribution in [-0.2, 0) is 4.79 Å². The molecule has 2 amide bonds. The number of halogens is 2. The lowest BCUT2D eigenvalue weighted by atomic mass is 10.1. The zero-order valence-electron chi connectivity index (χ0n) is 13.5. The van der Waals surface area contributed by atoms with E-state index in [-0.39, 0.29) is 28.2 Å². The SMILES string of the molecule is Cc1cc(C)c(NC(=O)CNC(=O)c2cnc(Cl)c(Cl)c2)c(C)c1. The third-order valence-corrected chi connectivity index (χ3v) is 4.10. The Balaban J connectivity index is 1.98. The molecule has 0 radical (unpaired) electrons. The van der Waals surface area contributed by atoms with Crippen LogP contribution in [0.15, 0.2) is 24.4 Å². The van der Waals surface area contributed by atoms with E-state index in [2.05, 4.69) is 15.6 Å². The van der Waals surface area contributed by atoms with E-state index >= 15 is 0 Å². The van der Waals surface area contributed by atoms with Crippen molar-refractivity contribution in [3.05, 3.63) is 56.8 Å². The molecule has 0 saturated carbocycles. The van der Waals surface area contributed by atoms with Crippen LogP contribution >= 0.6 is 23.2 Å². The molecule has 0 aliphatic heterocycles. The Bertz CT molecular complexity index is 783. The van der Waals surface area contributed by atoms with Crippen LogP contribution in [0.5, 0.6) is 0 Å². The van der Waals surface area contributed by atoms with Gasteiger partial charge in [0, 0.05) is 11.9 Å². The summed E-state index contributed by atoms with van der Waals surface area (Å²) in [5, 5.41) is 5.64. The average molecular weight is 366 g/mol. The van der Waals surface area contributed by atoms with Crippen molar-refractivity contribution >= 4 is 40.7 Å². The number of carbonyl (C=O) groups is 2. The first kappa shape index (κ1) is 18.2. The second-order valence-electron chi connectivity index (χ2n) is 5.50. The molecule has 0 aliphatic rings. The quantitative estimate of drug-likeness (QED) is 0.811. The summed E-state index contributed by atoms with van der Waals surface area (Å²) in [4.78, 5) is 27.9. The maximum atomic E-state index is 12.1. The Hall–Kier alpha value is -2.11. The zero-order chi connectivity index (χ0) is 17.9. The van der Waals surface area contributed by atoms with E-state index in [1.807, 2.05) is 32.9 Å². The van der Waals surface area contributed by atoms with E-state index in [0.29, 0.717) is 0 Å². The van der Waals surface area contributed by atoms with Crippen molar-refractivity contribution in [1.82, 2.24) is 10.3 Å². The minimum absolute atomic E-state index is 0.122. The van der Waals surface area contributed by atoms with Crippen molar-refractivity contribution in [2.24, 2.45) is 0 Å². The van der Waals surface area contributed by atoms with Gasteiger partial charge in [0.25, 0.3) is 5.91 Å². The number of anilines is 1. The number of aryl methyl sites for hydroxylation is 3. The van der Waals surface area contributed by atoms with Gasteiger partial charge in [-0.15, -0.1) is 0 Å². The molecule has 0 aliphatic carbocycles. The minimum Gasteiger partial charge on any atom is -0.343 e. The number of benzene rings is 1. The molecule has 0 bridgehead atoms. The zero-order valence-corrected chi connectivity index (χ0v) is 15.0. The number of carbonyl (C=O) groups excluding carboxylic acids is 2. The third kappa shape index (κ3) is 4.46. The van der Waals surface area contributed by atoms with E-state index < -0.39 is 5.91 Å². The Kier molecular flexibility index (Phi) is 5.80. The van der Waals surface area contributed by atoms with Crippen molar-refractivity contribution in [2.75, 3.05) is 11.9 Å². The highest BCUT2D eigenvalue weighted by atomic mass is 35.5. The monoisotopic (exact) mass is 365 g/mol. The Labute approximate surface area is 150 Å². The number of aromatic nitrogens is 1. The summed E-state index contributed by atoms with van der Waals surface area (Å²) in [6.45, 7) is 5.69. The van der Waals surface area contributed by atoms with E-state index in [0.717, 1.165) is 22.4 Å². The molecular weight excluding hydrogens is 349 g/mol. The summed E-state index contributed by atoms with van der Waals surface area (Å²) >= 11 is 11.5. The van der Waals surface area contributed by atoms with E-state index in [1.165, 1.54) is 12.3 Å². The predicted molar refractivity (Wildman–Crippen MR) is 95.9 cm³/mol. The van der Waals surface area contributed by atoms with Gasteiger partial charge in [-0.25, -0.2) is 4.98 Å². The lowest BCUT2D eigenvalue weighted by Crippen LogP contribution is -2.33. The molecule has 0 saturated heterocycles. The number of amides is 2. The third-order valence-electron chi connectivity index (χ3n) is 3.41. The highest BCUT2D eigenvalue weighted by Gasteiger charge is 2.12. The standard InChI is InChI=1S/C17H17Cl2N3O2/c1-9-4-10(2)15(11(3)5-9)22-14(23)8-21-17(24)12-6-13(18)16(19)20-7-12/h4-7H,8H2,1-3H3,(H,21,24)(H,22,23). The second kappa shape index (κ2) is 7.64. The lowest BCUT2D eigenvalue weighted by molar-refractivity contribution is -0.115. The Morgan fingerprint density at radius 3 is 2.29 bits per heavy atom. The van der Waals surface area contributed by atoms with Gasteiger partial charge in [0.05, 0.1) is 17.1 Å². The van der Waals surface area contributed by atoms with Crippen LogP contribution in [0.4, 0.5) is 5.69 Å². The van der Waals surface area contributed by atoms with Gasteiger partial charge in [0.1, 0.15) is 5.15 Å². The molecule has 0 spiro atoms. The number of nitrogens with zero attached hydrogens (tertiary/aromatic N) is 1. The summed E-state index contributed by atoms with van der Waals surface area (Å²) in [6.07, 6.45) is 1.30. The van der Waals surface area contributed by atoms with Crippen molar-refractivity contribution in [3.63, 3.8) is 0 Å². The fourth-order valence-corrected chi connectivity index (χ4v) is 2.64. The average Bonchev–Trinajstić information content (AvgIpc) is 2.51. The molecule has 1 aromatic heterocycles. The van der Waals surface area contributed by atoms with Crippen LogP contribution in [0.25, 0.3) is 0 Å². The summed E-state index contributed by atoms with van der Waals surface area (Å²) in [7, 11) is 0. The fraction of sp³-hybridized carbons (Fsp3) is 0.235. The van der Waals surface area contributed by atoms with Crippen LogP contribution < -0.4 is 10.6 Å². The van der Waals surface area contributed by atoms with Crippen LogP contribution in [0, 0.1) is 20.8 Å². The smallest absolute Gasteiger partial charge is 0.253 e. The van der Waals surface area contributed by atoms with Gasteiger partial charge in [0.2, 0.25) is 5.91 Å². The van der Waals surface area contributed by atoms with Gasteiger partial charge in [-0.2, -0.15) is 0 Å². The minimum atomic E-state index is -0.450. The van der Waals surface area contributed by atoms with Gasteiger partial charge in [0.15, 0.2) is 0 Å². The summed E-state index contributed by atoms with van der Waals surface area (Å²) < 4.78 is 0. The number of hydrogen-bond donors (Lipinski definition) is 2. The van der Waals surface area contributed by atoms with Crippen LogP contribution in [0.3, 0.4) is 0 Å². The normalized spacial score (nSPS) is 10.4. The Morgan fingerprint density at radius 1 is 1.08 bits per heavy atom. The van der Waals surface area contributed by atoms with Gasteiger partial charge in [-0.1, -0.05) is 40.9 Å². The van der Waals surface area contributed by atoms with Gasteiger partial charge in [-0.05, 0) is 38.0 Å². The van der Waals surface area contributed by atoms with Crippen molar-refractivity contribution in [2.45, 2.75) is 20.8 Å². The highest BCUT2D eigenvalue weighted by Crippen LogP contribution is 2.22. The first-order valence-corrected chi connectivity index (χ1v) is 8.00. The largest absolute Gasteiger partial charge is 0.343 e. The first-order chi connectivity index (χ1) is 11.3. The first-order valence-electron chi connectivity index (χ1n) is 7.25. The molecule has 0 fully saturated rings. The molecule has 1 aromatic carbocycles. The number of rotatable bonds is 4. The van der Waals surface area contributed by atoms with E-state index in [4.69, 9.17) is 23.2 Å². The summed E-state index contributed by atoms with van der Waals surface area (Å²) in [5.74, 6) is -0.764. The van der Waals surface area contributed by atoms with Crippen LogP contribution in [0.2, 0.25) is 10.2 Å². The van der Waals surface area contributed by atoms with Crippen molar-refractivity contribution in [1.29, 1.82) is 0 Å². The molecular formula is C17H17Cl2N3O2. The molecule has 2 N–H and O–H groups in total. The maximum Gasteiger partial charge on any atom is 0.253 e. The molecule has 126 valence electrons. The molecule has 2 rings (SSSR count). The fourth-order valence-electron chi connectivity index (χ4n) is 2.37. The number of hydrogen-bond acceptors (Lipinski definition) is 3. The molecule has 2 aromatic rings. The number of pyridine rings is 1. The molecule has 7 heteroatoms. The van der Waals surface area contributed by atoms with Crippen LogP contribution in [0.1, 0.15) is 27.0 Å². The summed E-state index contributed by atoms with van der Waals surface area (Å²) in [6, 6.07) is 5.38. The van der Waals surface area contributed by atoms with E-state index in [1.54, 1.807) is 0 Å². The van der Waals surface area contributed by atoms with Gasteiger partial charge < -0.3 is 10.6 Å². The Morgan fingerprint density at radius 2 is 1.71 bits per heavy atom. The van der Waals surface area contributed by atoms with Crippen molar-refractivity contribution < 1.29 is 9.59 Å². The number of nitrogens with one attached hydrogen (secondary N) is 2. The van der Waals surface area contributed by atoms with E-state index in [9.17, 15) is 9.59 Å². The molecule has 5 nitrogen and oxygen atoms in total. The molecule has 1 heterocycles. The van der Waals surface area contributed by atoms with Gasteiger partial charge in [-0.3, -0.25) is 9.59 Å². The van der Waals surface area contributed by atoms with Gasteiger partial charge >= 0.3 is 0 Å². The topological polar surface area (TPSA) is 71.1 Å². The predicted octanol–water partition coefficient (Wildman–Crippen LogP) is 3.68. The molecule has 0 unspecified atom stereocenters. The maximum absolute atomic E-state index is 12.1. The second-order valence-corrected chi connectivity index (χ2v) is 6.27.